The number of ether oxygens (including phenoxy) is 1. The molecule has 13 rings (SSSR count). The van der Waals surface area contributed by atoms with Gasteiger partial charge in [-0.25, -0.2) is 0 Å². The Bertz CT molecular complexity index is 3160. The van der Waals surface area contributed by atoms with E-state index < -0.39 is 29.6 Å². The van der Waals surface area contributed by atoms with Crippen LogP contribution in [-0.4, -0.2) is 93.6 Å². The lowest BCUT2D eigenvalue weighted by molar-refractivity contribution is -0.186. The Morgan fingerprint density at radius 3 is 2.49 bits per heavy atom. The fourth-order valence-electron chi connectivity index (χ4n) is 19.4. The molecule has 0 amide bonds. The van der Waals surface area contributed by atoms with Gasteiger partial charge in [0.05, 0.1) is 31.2 Å². The van der Waals surface area contributed by atoms with Crippen molar-refractivity contribution in [3.63, 3.8) is 0 Å². The van der Waals surface area contributed by atoms with Crippen molar-refractivity contribution in [1.29, 1.82) is 0 Å². The second-order valence-corrected chi connectivity index (χ2v) is 26.2. The number of rotatable bonds is 12. The van der Waals surface area contributed by atoms with E-state index in [9.17, 15) is 25.2 Å². The van der Waals surface area contributed by atoms with E-state index in [1.54, 1.807) is 12.1 Å². The molecule has 10 N–H and O–H groups in total. The van der Waals surface area contributed by atoms with Gasteiger partial charge in [-0.05, 0) is 199 Å². The highest BCUT2D eigenvalue weighted by atomic mass is 16.5. The third-order valence-corrected chi connectivity index (χ3v) is 22.7. The molecule has 17 unspecified atom stereocenters. The highest BCUT2D eigenvalue weighted by molar-refractivity contribution is 5.89. The Hall–Kier alpha value is -5.42. The highest BCUT2D eigenvalue weighted by Gasteiger charge is 2.69. The highest BCUT2D eigenvalue weighted by Crippen LogP contribution is 2.71. The number of nitrogens with two attached hydrogens (primary N) is 1. The number of methoxy groups -OCH3 is 1. The van der Waals surface area contributed by atoms with Crippen LogP contribution in [0, 0.1) is 64.6 Å². The van der Waals surface area contributed by atoms with Crippen molar-refractivity contribution in [2.45, 2.75) is 170 Å². The van der Waals surface area contributed by atoms with Crippen LogP contribution < -0.4 is 26.4 Å². The lowest BCUT2D eigenvalue weighted by atomic mass is 9.37. The van der Waals surface area contributed by atoms with Crippen molar-refractivity contribution in [1.82, 2.24) is 20.9 Å². The van der Waals surface area contributed by atoms with Gasteiger partial charge in [-0.2, -0.15) is 0 Å². The molecule has 1 aromatic heterocycles. The molecule has 1 saturated heterocycles. The molecule has 5 saturated carbocycles. The van der Waals surface area contributed by atoms with Gasteiger partial charge in [-0.3, -0.25) is 9.59 Å². The summed E-state index contributed by atoms with van der Waals surface area (Å²) in [6.45, 7) is 6.70. The van der Waals surface area contributed by atoms with Gasteiger partial charge in [0.1, 0.15) is 11.2 Å². The van der Waals surface area contributed by atoms with E-state index in [1.165, 1.54) is 43.2 Å². The molecule has 80 heavy (non-hydrogen) atoms. The maximum Gasteiger partial charge on any atom is 0.160 e. The number of Topliss-reactive ketones (excluding diaryl/α,β-unsaturated/α-hetero) is 2. The van der Waals surface area contributed by atoms with Crippen LogP contribution in [0.25, 0.3) is 10.8 Å². The van der Waals surface area contributed by atoms with Crippen molar-refractivity contribution in [3.8, 4) is 23.3 Å². The number of aromatic hydroxyl groups is 1. The lowest BCUT2D eigenvalue weighted by Gasteiger charge is -2.71. The molecule has 17 atom stereocenters. The number of ketones is 2. The van der Waals surface area contributed by atoms with Crippen LogP contribution in [0.2, 0.25) is 0 Å². The van der Waals surface area contributed by atoms with Gasteiger partial charge in [0, 0.05) is 67.0 Å². The predicted molar refractivity (Wildman–Crippen MR) is 311 cm³/mol. The first-order chi connectivity index (χ1) is 38.8. The molecular weight excluding hydrogens is 999 g/mol. The minimum absolute atomic E-state index is 0.0218. The minimum Gasteiger partial charge on any atom is -0.504 e. The number of allylic oxidation sites excluding steroid dienone is 2. The number of aliphatic hydroxyl groups excluding tert-OH is 3. The molecule has 2 spiro atoms. The van der Waals surface area contributed by atoms with E-state index in [4.69, 9.17) is 10.5 Å². The minimum atomic E-state index is -1.33. The summed E-state index contributed by atoms with van der Waals surface area (Å²) < 4.78 is 5.64. The summed E-state index contributed by atoms with van der Waals surface area (Å²) in [5, 5.41) is 63.4. The molecule has 2 aliphatic heterocycles. The number of H-pyrrole nitrogens is 1. The Kier molecular flexibility index (Phi) is 14.4. The number of phenolic OH excluding ortho intramolecular Hbond substituents is 1. The summed E-state index contributed by atoms with van der Waals surface area (Å²) in [6.07, 6.45) is 12.5. The first-order valence-electron chi connectivity index (χ1n) is 30.9. The SMILES string of the molecule is CCNCC1C2c3[nH]ccc3C3CC(=O)CC4NC5(CCCCC5)C(C5CCC6C(CCC7(C#CC(CC(O)C(O)CC(C8=C(CC)CNC(N)=C8)c8ccc9ccccc9c8)c8cc(O)c(OC)cc8CCC7=O)C6O)C15)C2C43. The molecule has 3 heterocycles. The Balaban J connectivity index is 0.847. The fraction of sp³-hybridized carbons (Fsp3) is 0.588. The average Bonchev–Trinajstić information content (AvgIpc) is 4.14. The van der Waals surface area contributed by atoms with Gasteiger partial charge in [0.25, 0.3) is 0 Å². The van der Waals surface area contributed by atoms with Crippen LogP contribution in [0.3, 0.4) is 0 Å². The van der Waals surface area contributed by atoms with Crippen LogP contribution in [0.1, 0.15) is 162 Å². The van der Waals surface area contributed by atoms with Crippen molar-refractivity contribution < 1.29 is 34.8 Å². The van der Waals surface area contributed by atoms with Crippen LogP contribution in [0.5, 0.6) is 11.5 Å². The Morgan fingerprint density at radius 2 is 1.69 bits per heavy atom. The van der Waals surface area contributed by atoms with Gasteiger partial charge < -0.3 is 51.8 Å². The Morgan fingerprint density at radius 1 is 0.875 bits per heavy atom. The summed E-state index contributed by atoms with van der Waals surface area (Å²) >= 11 is 0. The molecular formula is C68H85N5O7. The second-order valence-electron chi connectivity index (χ2n) is 26.2. The standard InChI is InChI=1S/C68H85N5O7/c1-4-37-35-72-59(69)34-50(37)49(40-14-13-38-11-7-8-12-39(38)27-40)33-55(76)54(75)28-42-19-24-67(58(78)18-15-41-29-57(80-3)56(77)32-48(41)42)25-20-44-46(66(67)79)16-17-47-60(44)52(36-70-5-2)62-63-61-51(45-21-26-71-65(45)62)30-43(74)31-53(61)73-68(64(47)63)22-9-6-10-23-68/h7-8,11-14,21,26-27,29,32,34,42,44,46-47,49,51-55,60-64,66,70-73,75-77,79H,4-6,9-10,15-18,20,22-23,25,28,30-31,33,35-36,69H2,1-3H3. The van der Waals surface area contributed by atoms with E-state index >= 15 is 4.79 Å². The zero-order valence-corrected chi connectivity index (χ0v) is 47.2. The summed E-state index contributed by atoms with van der Waals surface area (Å²) in [5.41, 5.74) is 12.5. The largest absolute Gasteiger partial charge is 0.504 e. The number of dihydropyridines is 1. The summed E-state index contributed by atoms with van der Waals surface area (Å²) in [4.78, 5) is 32.9. The molecule has 0 bridgehead atoms. The molecule has 3 aromatic carbocycles. The molecule has 9 aliphatic rings. The predicted octanol–water partition coefficient (Wildman–Crippen LogP) is 9.29. The third-order valence-electron chi connectivity index (χ3n) is 22.7. The number of aryl methyl sites for hydroxylation is 1. The molecule has 12 nitrogen and oxygen atoms in total. The first-order valence-corrected chi connectivity index (χ1v) is 30.9. The number of hydrogen-bond acceptors (Lipinski definition) is 11. The van der Waals surface area contributed by atoms with Gasteiger partial charge in [0.2, 0.25) is 0 Å². The van der Waals surface area contributed by atoms with Gasteiger partial charge in [0.15, 0.2) is 17.3 Å². The van der Waals surface area contributed by atoms with E-state index in [2.05, 4.69) is 89.2 Å². The van der Waals surface area contributed by atoms with Crippen LogP contribution in [0.4, 0.5) is 0 Å². The smallest absolute Gasteiger partial charge is 0.160 e. The monoisotopic (exact) mass is 1080 g/mol. The zero-order valence-electron chi connectivity index (χ0n) is 47.2. The van der Waals surface area contributed by atoms with Crippen molar-refractivity contribution >= 4 is 22.3 Å². The number of aromatic amines is 1. The van der Waals surface area contributed by atoms with E-state index in [-0.39, 0.29) is 66.0 Å². The average molecular weight is 1080 g/mol. The van der Waals surface area contributed by atoms with Crippen molar-refractivity contribution in [3.05, 3.63) is 118 Å². The van der Waals surface area contributed by atoms with Crippen LogP contribution >= 0.6 is 0 Å². The number of benzene rings is 3. The van der Waals surface area contributed by atoms with E-state index in [1.807, 2.05) is 18.2 Å². The van der Waals surface area contributed by atoms with Gasteiger partial charge >= 0.3 is 0 Å². The zero-order chi connectivity index (χ0) is 55.2. The normalized spacial score (nSPS) is 35.1. The molecule has 12 heteroatoms. The number of aliphatic hydroxyl groups is 3. The van der Waals surface area contributed by atoms with E-state index in [0.29, 0.717) is 96.6 Å². The van der Waals surface area contributed by atoms with Crippen molar-refractivity contribution in [2.75, 3.05) is 26.7 Å². The van der Waals surface area contributed by atoms with Crippen molar-refractivity contribution in [2.24, 2.45) is 58.5 Å². The summed E-state index contributed by atoms with van der Waals surface area (Å²) in [6, 6.07) is 20.6. The fourth-order valence-corrected chi connectivity index (χ4v) is 19.4. The number of nitrogens with one attached hydrogen (secondary N) is 4. The molecule has 7 aliphatic carbocycles. The lowest BCUT2D eigenvalue weighted by Crippen LogP contribution is -2.74. The maximum atomic E-state index is 15.4. The number of piperidine rings is 1. The van der Waals surface area contributed by atoms with Crippen LogP contribution in [-0.2, 0) is 16.0 Å². The third kappa shape index (κ3) is 8.89. The molecule has 4 aromatic rings. The number of fused-ring (bicyclic) bond motifs is 10. The topological polar surface area (TPSA) is 202 Å². The Labute approximate surface area is 472 Å². The van der Waals surface area contributed by atoms with Crippen LogP contribution in [0.15, 0.2) is 89.9 Å². The summed E-state index contributed by atoms with van der Waals surface area (Å²) in [5.74, 6) is 10.3. The maximum absolute atomic E-state index is 15.4. The van der Waals surface area contributed by atoms with E-state index in [0.717, 1.165) is 79.1 Å². The second kappa shape index (κ2) is 21.4. The number of carbonyl (C=O) groups is 2. The van der Waals surface area contributed by atoms with Gasteiger partial charge in [-0.1, -0.05) is 87.4 Å². The van der Waals surface area contributed by atoms with Gasteiger partial charge in [-0.15, -0.1) is 0 Å². The summed E-state index contributed by atoms with van der Waals surface area (Å²) in [7, 11) is 1.51. The first kappa shape index (κ1) is 53.9. The molecule has 424 valence electrons. The number of carbonyl (C=O) groups excluding carboxylic acids is 2. The molecule has 0 radical (unpaired) electrons. The number of phenols is 1. The number of aromatic nitrogens is 1. The quantitative estimate of drug-likeness (QED) is 0.0613. The molecule has 6 fully saturated rings. The number of hydrogen-bond donors (Lipinski definition) is 9.